The van der Waals surface area contributed by atoms with Gasteiger partial charge in [-0.05, 0) is 6.42 Å². The topological polar surface area (TPSA) is 42.1 Å². The van der Waals surface area contributed by atoms with Crippen molar-refractivity contribution < 1.29 is 14.4 Å². The molecule has 2 fully saturated rings. The van der Waals surface area contributed by atoms with E-state index in [1.165, 1.54) is 12.2 Å². The monoisotopic (exact) mass is 143 g/mol. The molecule has 0 spiro atoms. The van der Waals surface area contributed by atoms with E-state index >= 15 is 0 Å². The molecule has 2 rings (SSSR count). The van der Waals surface area contributed by atoms with Gasteiger partial charge < -0.3 is 4.74 Å². The fourth-order valence-corrected chi connectivity index (χ4v) is 1.27. The summed E-state index contributed by atoms with van der Waals surface area (Å²) in [5.41, 5.74) is 0. The van der Waals surface area contributed by atoms with Crippen LogP contribution in [0.4, 0.5) is 0 Å². The molecule has 2 aliphatic heterocycles. The number of carbonyl (C=O) groups excluding carboxylic acids is 1. The number of carbonyl (C=O) groups is 1. The van der Waals surface area contributed by atoms with Gasteiger partial charge >= 0.3 is 0 Å². The number of epoxide rings is 1. The van der Waals surface area contributed by atoms with E-state index in [0.717, 1.165) is 6.42 Å². The highest BCUT2D eigenvalue weighted by molar-refractivity contribution is 5.76. The van der Waals surface area contributed by atoms with E-state index in [2.05, 4.69) is 0 Å². The number of fused-ring (bicyclic) bond motifs is 1. The average Bonchev–Trinajstić information content (AvgIpc) is 2.66. The summed E-state index contributed by atoms with van der Waals surface area (Å²) in [6, 6.07) is 0. The summed E-state index contributed by atoms with van der Waals surface area (Å²) in [7, 11) is 1.49. The normalized spacial score (nSPS) is 37.7. The number of hydroxylamine groups is 2. The number of piperidine rings is 1. The lowest BCUT2D eigenvalue weighted by Gasteiger charge is -2.19. The predicted octanol–water partition coefficient (Wildman–Crippen LogP) is -0.105. The van der Waals surface area contributed by atoms with Gasteiger partial charge in [0.15, 0.2) is 6.23 Å². The molecule has 0 bridgehead atoms. The molecular formula is C6H9NO3. The van der Waals surface area contributed by atoms with Crippen molar-refractivity contribution in [2.45, 2.75) is 25.2 Å². The number of hydrogen-bond donors (Lipinski definition) is 0. The zero-order chi connectivity index (χ0) is 7.14. The van der Waals surface area contributed by atoms with E-state index in [4.69, 9.17) is 9.57 Å². The van der Waals surface area contributed by atoms with Gasteiger partial charge in [0, 0.05) is 6.42 Å². The third-order valence-electron chi connectivity index (χ3n) is 1.87. The Morgan fingerprint density at radius 1 is 1.80 bits per heavy atom. The van der Waals surface area contributed by atoms with Gasteiger partial charge in [0.1, 0.15) is 6.10 Å². The molecule has 56 valence electrons. The first-order chi connectivity index (χ1) is 4.83. The summed E-state index contributed by atoms with van der Waals surface area (Å²) < 4.78 is 5.13. The second kappa shape index (κ2) is 1.93. The smallest absolute Gasteiger partial charge is 0.248 e. The maximum absolute atomic E-state index is 11.0. The quantitative estimate of drug-likeness (QED) is 0.481. The molecule has 1 unspecified atom stereocenters. The first-order valence-electron chi connectivity index (χ1n) is 3.34. The summed E-state index contributed by atoms with van der Waals surface area (Å²) in [5.74, 6) is 0.0289. The van der Waals surface area contributed by atoms with E-state index in [1.807, 2.05) is 0 Å². The standard InChI is InChI=1S/C6H9NO3/c1-9-7-5(8)3-2-4-6(7)10-4/h4,6H,2-3H2,1H3/t4-,6?/m0/s1. The lowest BCUT2D eigenvalue weighted by molar-refractivity contribution is -0.189. The van der Waals surface area contributed by atoms with Crippen LogP contribution < -0.4 is 0 Å². The summed E-state index contributed by atoms with van der Waals surface area (Å²) in [6.45, 7) is 0. The van der Waals surface area contributed by atoms with E-state index in [9.17, 15) is 4.79 Å². The number of nitrogens with zero attached hydrogens (tertiary/aromatic N) is 1. The van der Waals surface area contributed by atoms with Gasteiger partial charge in [-0.15, -0.1) is 0 Å². The fourth-order valence-electron chi connectivity index (χ4n) is 1.27. The van der Waals surface area contributed by atoms with Crippen LogP contribution in [-0.2, 0) is 14.4 Å². The molecule has 0 radical (unpaired) electrons. The van der Waals surface area contributed by atoms with Crippen LogP contribution in [-0.4, -0.2) is 30.4 Å². The first-order valence-corrected chi connectivity index (χ1v) is 3.34. The third kappa shape index (κ3) is 0.726. The van der Waals surface area contributed by atoms with Gasteiger partial charge in [0.25, 0.3) is 0 Å². The van der Waals surface area contributed by atoms with Crippen LogP contribution in [0.15, 0.2) is 0 Å². The minimum atomic E-state index is -0.0775. The van der Waals surface area contributed by atoms with E-state index in [1.54, 1.807) is 0 Å². The number of rotatable bonds is 1. The zero-order valence-electron chi connectivity index (χ0n) is 5.74. The van der Waals surface area contributed by atoms with Crippen LogP contribution in [0.5, 0.6) is 0 Å². The van der Waals surface area contributed by atoms with Crippen LogP contribution in [0.1, 0.15) is 12.8 Å². The summed E-state index contributed by atoms with van der Waals surface area (Å²) in [5, 5.41) is 1.31. The van der Waals surface area contributed by atoms with E-state index in [0.29, 0.717) is 6.42 Å². The molecule has 2 aliphatic rings. The second-order valence-electron chi connectivity index (χ2n) is 2.51. The predicted molar refractivity (Wildman–Crippen MR) is 31.7 cm³/mol. The lowest BCUT2D eigenvalue weighted by atomic mass is 10.1. The summed E-state index contributed by atoms with van der Waals surface area (Å²) in [6.07, 6.45) is 1.57. The van der Waals surface area contributed by atoms with Crippen LogP contribution >= 0.6 is 0 Å². The molecule has 2 atom stereocenters. The molecule has 0 aliphatic carbocycles. The van der Waals surface area contributed by atoms with Crippen molar-refractivity contribution in [2.24, 2.45) is 0 Å². The molecule has 2 saturated heterocycles. The maximum atomic E-state index is 11.0. The molecule has 4 nitrogen and oxygen atoms in total. The van der Waals surface area contributed by atoms with Crippen LogP contribution in [0.2, 0.25) is 0 Å². The van der Waals surface area contributed by atoms with Crippen molar-refractivity contribution in [3.8, 4) is 0 Å². The Morgan fingerprint density at radius 2 is 2.60 bits per heavy atom. The van der Waals surface area contributed by atoms with E-state index < -0.39 is 0 Å². The number of amides is 1. The van der Waals surface area contributed by atoms with Gasteiger partial charge in [-0.25, -0.2) is 0 Å². The van der Waals surface area contributed by atoms with Gasteiger partial charge in [-0.3, -0.25) is 9.63 Å². The van der Waals surface area contributed by atoms with Gasteiger partial charge in [-0.2, -0.15) is 5.06 Å². The van der Waals surface area contributed by atoms with Crippen LogP contribution in [0.25, 0.3) is 0 Å². The van der Waals surface area contributed by atoms with Crippen molar-refractivity contribution in [3.63, 3.8) is 0 Å². The Bertz CT molecular complexity index is 170. The molecule has 0 saturated carbocycles. The SMILES string of the molecule is CON1C(=O)CC[C@@H]2OC21. The van der Waals surface area contributed by atoms with Crippen molar-refractivity contribution in [3.05, 3.63) is 0 Å². The average molecular weight is 143 g/mol. The van der Waals surface area contributed by atoms with Crippen LogP contribution in [0.3, 0.4) is 0 Å². The Balaban J connectivity index is 2.06. The third-order valence-corrected chi connectivity index (χ3v) is 1.87. The van der Waals surface area contributed by atoms with Crippen molar-refractivity contribution >= 4 is 5.91 Å². The molecule has 4 heteroatoms. The molecule has 0 aromatic heterocycles. The molecule has 10 heavy (non-hydrogen) atoms. The van der Waals surface area contributed by atoms with Gasteiger partial charge in [0.05, 0.1) is 7.11 Å². The number of ether oxygens (including phenoxy) is 1. The molecule has 0 aromatic carbocycles. The minimum absolute atomic E-state index is 0.0289. The van der Waals surface area contributed by atoms with Crippen molar-refractivity contribution in [2.75, 3.05) is 7.11 Å². The largest absolute Gasteiger partial charge is 0.345 e. The highest BCUT2D eigenvalue weighted by atomic mass is 16.7. The number of hydrogen-bond acceptors (Lipinski definition) is 3. The zero-order valence-corrected chi connectivity index (χ0v) is 5.74. The highest BCUT2D eigenvalue weighted by Crippen LogP contribution is 2.34. The Morgan fingerprint density at radius 3 is 3.20 bits per heavy atom. The summed E-state index contributed by atoms with van der Waals surface area (Å²) in [4.78, 5) is 15.8. The molecular weight excluding hydrogens is 134 g/mol. The second-order valence-corrected chi connectivity index (χ2v) is 2.51. The van der Waals surface area contributed by atoms with Crippen molar-refractivity contribution in [1.29, 1.82) is 0 Å². The molecule has 0 N–H and O–H groups in total. The fraction of sp³-hybridized carbons (Fsp3) is 0.833. The van der Waals surface area contributed by atoms with Gasteiger partial charge in [0.2, 0.25) is 5.91 Å². The highest BCUT2D eigenvalue weighted by Gasteiger charge is 2.50. The Kier molecular flexibility index (Phi) is 1.18. The maximum Gasteiger partial charge on any atom is 0.248 e. The Hall–Kier alpha value is -0.610. The van der Waals surface area contributed by atoms with E-state index in [-0.39, 0.29) is 18.2 Å². The molecule has 0 aromatic rings. The van der Waals surface area contributed by atoms with Crippen molar-refractivity contribution in [1.82, 2.24) is 5.06 Å². The molecule has 2 heterocycles. The summed E-state index contributed by atoms with van der Waals surface area (Å²) >= 11 is 0. The lowest BCUT2D eigenvalue weighted by Crippen LogP contribution is -2.37. The minimum Gasteiger partial charge on any atom is -0.345 e. The van der Waals surface area contributed by atoms with Gasteiger partial charge in [-0.1, -0.05) is 0 Å². The molecule has 1 amide bonds. The first kappa shape index (κ1) is 6.12. The Labute approximate surface area is 58.7 Å². The van der Waals surface area contributed by atoms with Crippen LogP contribution in [0, 0.1) is 0 Å².